The van der Waals surface area contributed by atoms with Crippen LogP contribution in [0.15, 0.2) is 65.1 Å². The largest absolute Gasteiger partial charge is 0.478 e. The number of ketones is 1. The molecular formula is C24H18F2O6. The van der Waals surface area contributed by atoms with Crippen molar-refractivity contribution in [1.82, 2.24) is 0 Å². The molecule has 3 aromatic carbocycles. The van der Waals surface area contributed by atoms with E-state index in [4.69, 9.17) is 9.52 Å². The minimum atomic E-state index is -3.96. The minimum Gasteiger partial charge on any atom is -0.478 e. The molecule has 0 saturated carbocycles. The number of para-hydroxylation sites is 1. The summed E-state index contributed by atoms with van der Waals surface area (Å²) in [5, 5.41) is 28.6. The highest BCUT2D eigenvalue weighted by molar-refractivity contribution is 6.12. The highest BCUT2D eigenvalue weighted by Crippen LogP contribution is 2.44. The summed E-state index contributed by atoms with van der Waals surface area (Å²) in [7, 11) is 0. The number of alkyl halides is 2. The smallest absolute Gasteiger partial charge is 0.335 e. The number of rotatable bonds is 7. The summed E-state index contributed by atoms with van der Waals surface area (Å²) in [6.07, 6.45) is -3.25. The first-order valence-electron chi connectivity index (χ1n) is 9.73. The van der Waals surface area contributed by atoms with E-state index in [2.05, 4.69) is 0 Å². The van der Waals surface area contributed by atoms with Crippen LogP contribution < -0.4 is 0 Å². The molecule has 4 rings (SSSR count). The number of hydrogen-bond donors (Lipinski definition) is 3. The van der Waals surface area contributed by atoms with E-state index in [9.17, 15) is 19.8 Å². The first-order valence-corrected chi connectivity index (χ1v) is 9.73. The fourth-order valence-corrected chi connectivity index (χ4v) is 3.75. The number of carbonyl (C=O) groups is 2. The van der Waals surface area contributed by atoms with Gasteiger partial charge in [-0.2, -0.15) is 8.78 Å². The number of Topliss-reactive ketones (excluding diaryl/α,β-unsaturated/α-hetero) is 1. The van der Waals surface area contributed by atoms with Crippen LogP contribution in [-0.2, 0) is 10.7 Å². The molecule has 0 bridgehead atoms. The van der Waals surface area contributed by atoms with Gasteiger partial charge in [0.05, 0.1) is 12.2 Å². The minimum absolute atomic E-state index is 0.0136. The number of halogens is 2. The molecule has 0 spiro atoms. The number of carbonyl (C=O) groups excluding carboxylic acids is 1. The molecule has 1 heterocycles. The molecule has 164 valence electrons. The second-order valence-electron chi connectivity index (χ2n) is 7.31. The quantitative estimate of drug-likeness (QED) is 0.394. The topological polar surface area (TPSA) is 108 Å². The zero-order valence-corrected chi connectivity index (χ0v) is 16.6. The number of aromatic carboxylic acids is 1. The van der Waals surface area contributed by atoms with Crippen LogP contribution in [0, 0.1) is 0 Å². The van der Waals surface area contributed by atoms with Crippen molar-refractivity contribution in [2.45, 2.75) is 18.4 Å². The van der Waals surface area contributed by atoms with Gasteiger partial charge in [0.15, 0.2) is 11.9 Å². The predicted octanol–water partition coefficient (Wildman–Crippen LogP) is 4.36. The van der Waals surface area contributed by atoms with E-state index in [0.717, 1.165) is 6.07 Å². The highest BCUT2D eigenvalue weighted by Gasteiger charge is 2.46. The van der Waals surface area contributed by atoms with Crippen LogP contribution in [0.4, 0.5) is 8.78 Å². The number of carboxylic acid groups (broad SMARTS) is 1. The van der Waals surface area contributed by atoms with Crippen molar-refractivity contribution >= 4 is 33.7 Å². The van der Waals surface area contributed by atoms with Crippen LogP contribution in [0.2, 0.25) is 0 Å². The number of fused-ring (bicyclic) bond motifs is 3. The molecule has 0 fully saturated rings. The van der Waals surface area contributed by atoms with E-state index in [1.165, 1.54) is 24.3 Å². The van der Waals surface area contributed by atoms with Crippen molar-refractivity contribution < 1.29 is 38.1 Å². The van der Waals surface area contributed by atoms with E-state index in [0.29, 0.717) is 22.1 Å². The van der Waals surface area contributed by atoms with Gasteiger partial charge in [0.1, 0.15) is 11.2 Å². The van der Waals surface area contributed by atoms with Crippen LogP contribution in [0.5, 0.6) is 0 Å². The number of aliphatic hydroxyl groups is 2. The van der Waals surface area contributed by atoms with Gasteiger partial charge in [0.25, 0.3) is 0 Å². The molecule has 0 aliphatic carbocycles. The first-order chi connectivity index (χ1) is 15.3. The van der Waals surface area contributed by atoms with Crippen molar-refractivity contribution in [1.29, 1.82) is 0 Å². The molecule has 0 amide bonds. The Balaban J connectivity index is 2.00. The Hall–Kier alpha value is -3.62. The second kappa shape index (κ2) is 8.14. The Bertz CT molecular complexity index is 1340. The SMILES string of the molecule is O=C(O)c1cccc(-c2ccc(C(F)(F)C(O)C(=O)CCO)c3c2oc2ccccc23)c1. The maximum Gasteiger partial charge on any atom is 0.335 e. The molecule has 1 aromatic heterocycles. The molecule has 1 unspecified atom stereocenters. The fourth-order valence-electron chi connectivity index (χ4n) is 3.75. The molecule has 6 nitrogen and oxygen atoms in total. The van der Waals surface area contributed by atoms with E-state index in [1.54, 1.807) is 30.3 Å². The van der Waals surface area contributed by atoms with Gasteiger partial charge in [-0.1, -0.05) is 42.5 Å². The van der Waals surface area contributed by atoms with Gasteiger partial charge >= 0.3 is 11.9 Å². The van der Waals surface area contributed by atoms with Crippen LogP contribution >= 0.6 is 0 Å². The van der Waals surface area contributed by atoms with Crippen LogP contribution in [-0.4, -0.2) is 39.8 Å². The summed E-state index contributed by atoms with van der Waals surface area (Å²) in [5.74, 6) is -6.28. The van der Waals surface area contributed by atoms with Crippen molar-refractivity contribution in [2.75, 3.05) is 6.61 Å². The Morgan fingerprint density at radius 3 is 2.50 bits per heavy atom. The molecule has 3 N–H and O–H groups in total. The summed E-state index contributed by atoms with van der Waals surface area (Å²) >= 11 is 0. The lowest BCUT2D eigenvalue weighted by Gasteiger charge is -2.23. The Labute approximate surface area is 180 Å². The van der Waals surface area contributed by atoms with Gasteiger partial charge in [-0.15, -0.1) is 0 Å². The molecule has 0 aliphatic heterocycles. The molecule has 8 heteroatoms. The molecule has 0 radical (unpaired) electrons. The number of aliphatic hydroxyl groups excluding tert-OH is 2. The van der Waals surface area contributed by atoms with Crippen molar-refractivity contribution in [2.24, 2.45) is 0 Å². The predicted molar refractivity (Wildman–Crippen MR) is 113 cm³/mol. The average molecular weight is 440 g/mol. The number of furan rings is 1. The van der Waals surface area contributed by atoms with Crippen molar-refractivity contribution in [3.63, 3.8) is 0 Å². The van der Waals surface area contributed by atoms with Crippen molar-refractivity contribution in [3.8, 4) is 11.1 Å². The van der Waals surface area contributed by atoms with Crippen LogP contribution in [0.1, 0.15) is 22.3 Å². The maximum absolute atomic E-state index is 15.3. The standard InChI is InChI=1S/C24H18F2O6/c25-24(26,22(29)18(28)10-11-27)17-9-8-15(13-4-3-5-14(12-13)23(30)31)21-20(17)16-6-1-2-7-19(16)32-21/h1-9,12,22,27,29H,10-11H2,(H,30,31). The summed E-state index contributed by atoms with van der Waals surface area (Å²) < 4.78 is 36.5. The Morgan fingerprint density at radius 1 is 1.03 bits per heavy atom. The summed E-state index contributed by atoms with van der Waals surface area (Å²) in [6.45, 7) is -0.658. The van der Waals surface area contributed by atoms with Gasteiger partial charge in [-0.3, -0.25) is 4.79 Å². The Morgan fingerprint density at radius 2 is 1.78 bits per heavy atom. The lowest BCUT2D eigenvalue weighted by atomic mass is 9.91. The second-order valence-corrected chi connectivity index (χ2v) is 7.31. The van der Waals surface area contributed by atoms with E-state index in [-0.39, 0.29) is 16.5 Å². The molecule has 32 heavy (non-hydrogen) atoms. The van der Waals surface area contributed by atoms with Gasteiger partial charge in [-0.25, -0.2) is 4.79 Å². The zero-order chi connectivity index (χ0) is 23.0. The third-order valence-electron chi connectivity index (χ3n) is 5.31. The van der Waals surface area contributed by atoms with Crippen LogP contribution in [0.25, 0.3) is 33.1 Å². The molecule has 4 aromatic rings. The lowest BCUT2D eigenvalue weighted by molar-refractivity contribution is -0.154. The Kier molecular flexibility index (Phi) is 5.50. The lowest BCUT2D eigenvalue weighted by Crippen LogP contribution is -2.38. The monoisotopic (exact) mass is 440 g/mol. The van der Waals surface area contributed by atoms with Gasteiger partial charge in [-0.05, 0) is 23.8 Å². The summed E-state index contributed by atoms with van der Waals surface area (Å²) in [4.78, 5) is 23.3. The van der Waals surface area contributed by atoms with Gasteiger partial charge in [0.2, 0.25) is 0 Å². The normalized spacial score (nSPS) is 12.9. The summed E-state index contributed by atoms with van der Waals surface area (Å²) in [6, 6.07) is 14.9. The maximum atomic E-state index is 15.3. The molecule has 0 aliphatic rings. The zero-order valence-electron chi connectivity index (χ0n) is 16.6. The third-order valence-corrected chi connectivity index (χ3v) is 5.31. The number of benzene rings is 3. The summed E-state index contributed by atoms with van der Waals surface area (Å²) in [5.41, 5.74) is 0.640. The molecular weight excluding hydrogens is 422 g/mol. The molecule has 0 saturated heterocycles. The van der Waals surface area contributed by atoms with E-state index in [1.807, 2.05) is 0 Å². The first kappa shape index (κ1) is 21.6. The van der Waals surface area contributed by atoms with Gasteiger partial charge in [0, 0.05) is 28.3 Å². The number of carboxylic acids is 1. The van der Waals surface area contributed by atoms with Gasteiger partial charge < -0.3 is 19.7 Å². The molecule has 1 atom stereocenters. The highest BCUT2D eigenvalue weighted by atomic mass is 19.3. The fraction of sp³-hybridized carbons (Fsp3) is 0.167. The van der Waals surface area contributed by atoms with Crippen LogP contribution in [0.3, 0.4) is 0 Å². The number of hydrogen-bond acceptors (Lipinski definition) is 5. The van der Waals surface area contributed by atoms with E-state index >= 15 is 8.78 Å². The van der Waals surface area contributed by atoms with Crippen molar-refractivity contribution in [3.05, 3.63) is 71.8 Å². The van der Waals surface area contributed by atoms with E-state index < -0.39 is 42.4 Å². The average Bonchev–Trinajstić information content (AvgIpc) is 3.17. The third kappa shape index (κ3) is 3.53.